The summed E-state index contributed by atoms with van der Waals surface area (Å²) < 4.78 is 6.99. The first kappa shape index (κ1) is 17.9. The highest BCUT2D eigenvalue weighted by Gasteiger charge is 2.21. The molecule has 1 aliphatic heterocycles. The second-order valence-electron chi connectivity index (χ2n) is 6.07. The number of nitrogens with zero attached hydrogens (tertiary/aromatic N) is 3. The van der Waals surface area contributed by atoms with Crippen molar-refractivity contribution in [1.82, 2.24) is 14.9 Å². The topological polar surface area (TPSA) is 88.5 Å². The van der Waals surface area contributed by atoms with E-state index >= 15 is 0 Å². The van der Waals surface area contributed by atoms with Gasteiger partial charge in [0.05, 0.1) is 25.2 Å². The Morgan fingerprint density at radius 1 is 1.31 bits per heavy atom. The van der Waals surface area contributed by atoms with Gasteiger partial charge in [-0.3, -0.25) is 4.79 Å². The summed E-state index contributed by atoms with van der Waals surface area (Å²) in [6.45, 7) is 2.39. The van der Waals surface area contributed by atoms with Gasteiger partial charge in [-0.1, -0.05) is 0 Å². The molecule has 1 aromatic heterocycles. The Morgan fingerprint density at radius 3 is 2.81 bits per heavy atom. The number of aromatic nitrogens is 2. The average molecular weight is 357 g/mol. The SMILES string of the molecule is COCCn1cncc1CNC(=O)Nc1ccc(N2CCCC2=O)cc1. The Morgan fingerprint density at radius 2 is 2.12 bits per heavy atom. The lowest BCUT2D eigenvalue weighted by molar-refractivity contribution is -0.117. The third kappa shape index (κ3) is 4.40. The number of hydrogen-bond acceptors (Lipinski definition) is 4. The fraction of sp³-hybridized carbons (Fsp3) is 0.389. The van der Waals surface area contributed by atoms with Crippen LogP contribution in [0.5, 0.6) is 0 Å². The minimum absolute atomic E-state index is 0.147. The molecule has 0 saturated carbocycles. The first-order chi connectivity index (χ1) is 12.7. The van der Waals surface area contributed by atoms with Crippen molar-refractivity contribution in [3.63, 3.8) is 0 Å². The zero-order valence-electron chi connectivity index (χ0n) is 14.8. The van der Waals surface area contributed by atoms with Crippen molar-refractivity contribution in [1.29, 1.82) is 0 Å². The molecule has 1 aliphatic rings. The molecule has 8 heteroatoms. The molecule has 1 fully saturated rings. The molecule has 1 aromatic carbocycles. The Bertz CT molecular complexity index is 756. The number of rotatable bonds is 7. The summed E-state index contributed by atoms with van der Waals surface area (Å²) in [7, 11) is 1.65. The van der Waals surface area contributed by atoms with Gasteiger partial charge in [0.25, 0.3) is 0 Å². The summed E-state index contributed by atoms with van der Waals surface area (Å²) in [5.41, 5.74) is 2.44. The Hall–Kier alpha value is -2.87. The van der Waals surface area contributed by atoms with Crippen LogP contribution in [0.15, 0.2) is 36.8 Å². The van der Waals surface area contributed by atoms with Crippen LogP contribution in [0.1, 0.15) is 18.5 Å². The number of urea groups is 1. The van der Waals surface area contributed by atoms with E-state index in [1.54, 1.807) is 36.7 Å². The second-order valence-corrected chi connectivity index (χ2v) is 6.07. The maximum absolute atomic E-state index is 12.1. The summed E-state index contributed by atoms with van der Waals surface area (Å²) in [5, 5.41) is 5.60. The van der Waals surface area contributed by atoms with E-state index in [-0.39, 0.29) is 11.9 Å². The summed E-state index contributed by atoms with van der Waals surface area (Å²) in [4.78, 5) is 29.7. The van der Waals surface area contributed by atoms with Gasteiger partial charge < -0.3 is 24.8 Å². The Kier molecular flexibility index (Phi) is 5.85. The van der Waals surface area contributed by atoms with E-state index in [0.717, 1.165) is 24.3 Å². The zero-order valence-corrected chi connectivity index (χ0v) is 14.8. The van der Waals surface area contributed by atoms with Crippen LogP contribution in [0, 0.1) is 0 Å². The minimum atomic E-state index is -0.297. The van der Waals surface area contributed by atoms with Crippen LogP contribution in [0.4, 0.5) is 16.2 Å². The van der Waals surface area contributed by atoms with Crippen molar-refractivity contribution in [3.8, 4) is 0 Å². The highest BCUT2D eigenvalue weighted by molar-refractivity contribution is 5.96. The van der Waals surface area contributed by atoms with Gasteiger partial charge in [0, 0.05) is 44.2 Å². The number of amides is 3. The maximum atomic E-state index is 12.1. The minimum Gasteiger partial charge on any atom is -0.383 e. The van der Waals surface area contributed by atoms with Gasteiger partial charge in [-0.05, 0) is 30.7 Å². The molecule has 0 unspecified atom stereocenters. The van der Waals surface area contributed by atoms with Crippen LogP contribution in [0.25, 0.3) is 0 Å². The normalized spacial score (nSPS) is 13.9. The molecule has 0 atom stereocenters. The molecule has 2 N–H and O–H groups in total. The summed E-state index contributed by atoms with van der Waals surface area (Å²) >= 11 is 0. The number of imidazole rings is 1. The van der Waals surface area contributed by atoms with Crippen molar-refractivity contribution in [2.75, 3.05) is 30.5 Å². The quantitative estimate of drug-likeness (QED) is 0.793. The first-order valence-electron chi connectivity index (χ1n) is 8.60. The molecule has 2 aromatic rings. The summed E-state index contributed by atoms with van der Waals surface area (Å²) in [5.74, 6) is 0.147. The third-order valence-corrected chi connectivity index (χ3v) is 4.28. The molecule has 0 aliphatic carbocycles. The number of carbonyl (C=O) groups excluding carboxylic acids is 2. The number of hydrogen-bond donors (Lipinski definition) is 2. The fourth-order valence-corrected chi connectivity index (χ4v) is 2.88. The van der Waals surface area contributed by atoms with Gasteiger partial charge in [0.2, 0.25) is 5.91 Å². The van der Waals surface area contributed by atoms with Crippen molar-refractivity contribution in [3.05, 3.63) is 42.5 Å². The number of ether oxygens (including phenoxy) is 1. The van der Waals surface area contributed by atoms with Crippen LogP contribution in [0.3, 0.4) is 0 Å². The molecule has 138 valence electrons. The Balaban J connectivity index is 1.50. The predicted octanol–water partition coefficient (Wildman–Crippen LogP) is 1.98. The van der Waals surface area contributed by atoms with Gasteiger partial charge in [-0.15, -0.1) is 0 Å². The van der Waals surface area contributed by atoms with Gasteiger partial charge in [0.1, 0.15) is 0 Å². The standard InChI is InChI=1S/C18H23N5O3/c1-26-10-9-22-13-19-11-16(22)12-20-18(25)21-14-4-6-15(7-5-14)23-8-2-3-17(23)24/h4-7,11,13H,2-3,8-10,12H2,1H3,(H2,20,21,25). The van der Waals surface area contributed by atoms with Gasteiger partial charge >= 0.3 is 6.03 Å². The smallest absolute Gasteiger partial charge is 0.319 e. The van der Waals surface area contributed by atoms with Gasteiger partial charge in [-0.25, -0.2) is 9.78 Å². The summed E-state index contributed by atoms with van der Waals surface area (Å²) in [6.07, 6.45) is 4.93. The fourth-order valence-electron chi connectivity index (χ4n) is 2.88. The van der Waals surface area contributed by atoms with E-state index in [9.17, 15) is 9.59 Å². The number of nitrogens with one attached hydrogen (secondary N) is 2. The molecule has 8 nitrogen and oxygen atoms in total. The molecule has 26 heavy (non-hydrogen) atoms. The predicted molar refractivity (Wildman–Crippen MR) is 98.0 cm³/mol. The maximum Gasteiger partial charge on any atom is 0.319 e. The lowest BCUT2D eigenvalue weighted by atomic mass is 10.2. The largest absolute Gasteiger partial charge is 0.383 e. The molecule has 2 heterocycles. The van der Waals surface area contributed by atoms with E-state index in [4.69, 9.17) is 4.74 Å². The molecule has 3 rings (SSSR count). The monoisotopic (exact) mass is 357 g/mol. The summed E-state index contributed by atoms with van der Waals surface area (Å²) in [6, 6.07) is 6.98. The molecule has 0 bridgehead atoms. The first-order valence-corrected chi connectivity index (χ1v) is 8.60. The molecule has 0 radical (unpaired) electrons. The number of methoxy groups -OCH3 is 1. The molecular weight excluding hydrogens is 334 g/mol. The van der Waals surface area contributed by atoms with Crippen LogP contribution in [-0.4, -0.2) is 41.8 Å². The van der Waals surface area contributed by atoms with E-state index in [2.05, 4.69) is 15.6 Å². The van der Waals surface area contributed by atoms with Crippen LogP contribution in [0.2, 0.25) is 0 Å². The van der Waals surface area contributed by atoms with E-state index in [1.807, 2.05) is 16.7 Å². The molecular formula is C18H23N5O3. The van der Waals surface area contributed by atoms with Crippen molar-refractivity contribution < 1.29 is 14.3 Å². The van der Waals surface area contributed by atoms with Crippen LogP contribution in [-0.2, 0) is 22.6 Å². The van der Waals surface area contributed by atoms with Crippen LogP contribution >= 0.6 is 0 Å². The number of carbonyl (C=O) groups is 2. The van der Waals surface area contributed by atoms with Crippen molar-refractivity contribution >= 4 is 23.3 Å². The van der Waals surface area contributed by atoms with E-state index in [0.29, 0.717) is 31.8 Å². The van der Waals surface area contributed by atoms with Gasteiger partial charge in [-0.2, -0.15) is 0 Å². The Labute approximate surface area is 152 Å². The zero-order chi connectivity index (χ0) is 18.4. The third-order valence-electron chi connectivity index (χ3n) is 4.28. The van der Waals surface area contributed by atoms with Gasteiger partial charge in [0.15, 0.2) is 0 Å². The number of anilines is 2. The lowest BCUT2D eigenvalue weighted by Crippen LogP contribution is -2.29. The molecule has 0 spiro atoms. The molecule has 1 saturated heterocycles. The lowest BCUT2D eigenvalue weighted by Gasteiger charge is -2.16. The van der Waals surface area contributed by atoms with E-state index < -0.39 is 0 Å². The van der Waals surface area contributed by atoms with Crippen molar-refractivity contribution in [2.24, 2.45) is 0 Å². The van der Waals surface area contributed by atoms with Crippen molar-refractivity contribution in [2.45, 2.75) is 25.9 Å². The van der Waals surface area contributed by atoms with Crippen LogP contribution < -0.4 is 15.5 Å². The highest BCUT2D eigenvalue weighted by atomic mass is 16.5. The molecule has 3 amide bonds. The second kappa shape index (κ2) is 8.48. The van der Waals surface area contributed by atoms with E-state index in [1.165, 1.54) is 0 Å². The highest BCUT2D eigenvalue weighted by Crippen LogP contribution is 2.22. The average Bonchev–Trinajstić information content (AvgIpc) is 3.27. The number of benzene rings is 1.